The van der Waals surface area contributed by atoms with E-state index in [1.165, 1.54) is 6.07 Å². The van der Waals surface area contributed by atoms with Crippen molar-refractivity contribution in [1.29, 1.82) is 0 Å². The quantitative estimate of drug-likeness (QED) is 0.926. The molecule has 1 aromatic carbocycles. The maximum absolute atomic E-state index is 13.8. The first-order valence-electron chi connectivity index (χ1n) is 6.49. The molecule has 0 radical (unpaired) electrons. The lowest BCUT2D eigenvalue weighted by molar-refractivity contribution is -0.132. The summed E-state index contributed by atoms with van der Waals surface area (Å²) < 4.78 is 13.8. The van der Waals surface area contributed by atoms with Gasteiger partial charge in [-0.05, 0) is 38.3 Å². The minimum Gasteiger partial charge on any atom is -0.338 e. The maximum Gasteiger partial charge on any atom is 0.239 e. The number of nitrogens with zero attached hydrogens (tertiary/aromatic N) is 1. The maximum atomic E-state index is 13.8. The second kappa shape index (κ2) is 5.88. The van der Waals surface area contributed by atoms with Gasteiger partial charge >= 0.3 is 0 Å². The third kappa shape index (κ3) is 3.07. The van der Waals surface area contributed by atoms with Crippen LogP contribution in [0.4, 0.5) is 4.39 Å². The van der Waals surface area contributed by atoms with E-state index in [0.717, 1.165) is 12.8 Å². The number of carbonyl (C=O) groups excluding carboxylic acids is 1. The monoisotopic (exact) mass is 284 g/mol. The van der Waals surface area contributed by atoms with Gasteiger partial charge in [-0.1, -0.05) is 17.7 Å². The molecule has 1 aromatic rings. The van der Waals surface area contributed by atoms with E-state index in [2.05, 4.69) is 0 Å². The van der Waals surface area contributed by atoms with Crippen LogP contribution in [0.2, 0.25) is 5.02 Å². The first-order chi connectivity index (χ1) is 9.00. The average Bonchev–Trinajstić information content (AvgIpc) is 2.81. The van der Waals surface area contributed by atoms with Gasteiger partial charge in [-0.25, -0.2) is 4.39 Å². The Balaban J connectivity index is 2.16. The molecule has 104 valence electrons. The average molecular weight is 285 g/mol. The summed E-state index contributed by atoms with van der Waals surface area (Å²) in [6, 6.07) is 4.13. The summed E-state index contributed by atoms with van der Waals surface area (Å²) in [5.41, 5.74) is 6.12. The molecule has 1 fully saturated rings. The Morgan fingerprint density at radius 2 is 2.37 bits per heavy atom. The number of likely N-dealkylation sites (tertiary alicyclic amines) is 1. The normalized spacial score (nSPS) is 20.6. The molecule has 2 atom stereocenters. The van der Waals surface area contributed by atoms with Crippen LogP contribution < -0.4 is 5.73 Å². The van der Waals surface area contributed by atoms with Crippen molar-refractivity contribution in [2.45, 2.75) is 38.3 Å². The predicted octanol–water partition coefficient (Wildman–Crippen LogP) is 2.36. The summed E-state index contributed by atoms with van der Waals surface area (Å²) >= 11 is 6.03. The van der Waals surface area contributed by atoms with Gasteiger partial charge in [-0.15, -0.1) is 0 Å². The standard InChI is InChI=1S/C14H18ClFN2O/c1-9(17)14(19)18-7-3-4-10(18)8-11-12(15)5-2-6-13(11)16/h2,5-6,9-10H,3-4,7-8,17H2,1H3/t9-,10?/m1/s1. The highest BCUT2D eigenvalue weighted by Gasteiger charge is 2.31. The molecule has 19 heavy (non-hydrogen) atoms. The minimum absolute atomic E-state index is 0.00657. The topological polar surface area (TPSA) is 46.3 Å². The van der Waals surface area contributed by atoms with Crippen LogP contribution in [0.25, 0.3) is 0 Å². The van der Waals surface area contributed by atoms with Gasteiger partial charge in [0.05, 0.1) is 6.04 Å². The van der Waals surface area contributed by atoms with Gasteiger partial charge in [0.1, 0.15) is 5.82 Å². The number of carbonyl (C=O) groups is 1. The summed E-state index contributed by atoms with van der Waals surface area (Å²) in [4.78, 5) is 13.7. The van der Waals surface area contributed by atoms with E-state index in [9.17, 15) is 9.18 Å². The second-order valence-electron chi connectivity index (χ2n) is 5.02. The predicted molar refractivity (Wildman–Crippen MR) is 73.5 cm³/mol. The van der Waals surface area contributed by atoms with Crippen LogP contribution in [0, 0.1) is 5.82 Å². The van der Waals surface area contributed by atoms with Crippen molar-refractivity contribution < 1.29 is 9.18 Å². The molecule has 0 aliphatic carbocycles. The lowest BCUT2D eigenvalue weighted by Gasteiger charge is -2.26. The Kier molecular flexibility index (Phi) is 4.42. The Bertz CT molecular complexity index is 458. The number of benzene rings is 1. The highest BCUT2D eigenvalue weighted by atomic mass is 35.5. The van der Waals surface area contributed by atoms with E-state index in [1.807, 2.05) is 0 Å². The fraction of sp³-hybridized carbons (Fsp3) is 0.500. The molecule has 1 heterocycles. The van der Waals surface area contributed by atoms with Crippen LogP contribution in [0.15, 0.2) is 18.2 Å². The molecule has 1 aliphatic heterocycles. The molecule has 3 nitrogen and oxygen atoms in total. The molecular formula is C14H18ClFN2O. The second-order valence-corrected chi connectivity index (χ2v) is 5.43. The van der Waals surface area contributed by atoms with E-state index < -0.39 is 6.04 Å². The molecule has 0 spiro atoms. The number of halogens is 2. The zero-order valence-electron chi connectivity index (χ0n) is 10.9. The number of hydrogen-bond donors (Lipinski definition) is 1. The first kappa shape index (κ1) is 14.3. The van der Waals surface area contributed by atoms with Crippen molar-refractivity contribution >= 4 is 17.5 Å². The molecule has 1 aliphatic rings. The molecule has 2 N–H and O–H groups in total. The van der Waals surface area contributed by atoms with Crippen molar-refractivity contribution in [3.63, 3.8) is 0 Å². The van der Waals surface area contributed by atoms with Crippen molar-refractivity contribution in [3.05, 3.63) is 34.6 Å². The van der Waals surface area contributed by atoms with Crippen LogP contribution >= 0.6 is 11.6 Å². The van der Waals surface area contributed by atoms with Crippen LogP contribution in [-0.4, -0.2) is 29.4 Å². The highest BCUT2D eigenvalue weighted by Crippen LogP contribution is 2.27. The molecule has 5 heteroatoms. The van der Waals surface area contributed by atoms with E-state index in [-0.39, 0.29) is 17.8 Å². The molecule has 0 aromatic heterocycles. The fourth-order valence-corrected chi connectivity index (χ4v) is 2.80. The van der Waals surface area contributed by atoms with Crippen molar-refractivity contribution in [3.8, 4) is 0 Å². The highest BCUT2D eigenvalue weighted by molar-refractivity contribution is 6.31. The molecule has 1 amide bonds. The zero-order chi connectivity index (χ0) is 14.0. The first-order valence-corrected chi connectivity index (χ1v) is 6.87. The van der Waals surface area contributed by atoms with E-state index in [1.54, 1.807) is 24.0 Å². The fourth-order valence-electron chi connectivity index (χ4n) is 2.56. The third-order valence-corrected chi connectivity index (χ3v) is 3.91. The Morgan fingerprint density at radius 3 is 3.00 bits per heavy atom. The van der Waals surface area contributed by atoms with E-state index in [0.29, 0.717) is 23.6 Å². The summed E-state index contributed by atoms with van der Waals surface area (Å²) in [5.74, 6) is -0.387. The van der Waals surface area contributed by atoms with Crippen LogP contribution in [-0.2, 0) is 11.2 Å². The summed E-state index contributed by atoms with van der Waals surface area (Å²) in [6.45, 7) is 2.37. The summed E-state index contributed by atoms with van der Waals surface area (Å²) in [6.07, 6.45) is 2.24. The van der Waals surface area contributed by atoms with Gasteiger partial charge in [0.25, 0.3) is 0 Å². The summed E-state index contributed by atoms with van der Waals surface area (Å²) in [7, 11) is 0. The van der Waals surface area contributed by atoms with Gasteiger partial charge in [0.15, 0.2) is 0 Å². The lowest BCUT2D eigenvalue weighted by atomic mass is 10.0. The Morgan fingerprint density at radius 1 is 1.63 bits per heavy atom. The third-order valence-electron chi connectivity index (χ3n) is 3.55. The number of nitrogens with two attached hydrogens (primary N) is 1. The van der Waals surface area contributed by atoms with Gasteiger partial charge in [-0.2, -0.15) is 0 Å². The van der Waals surface area contributed by atoms with Crippen molar-refractivity contribution in [2.75, 3.05) is 6.54 Å². The Labute approximate surface area is 117 Å². The van der Waals surface area contributed by atoms with Crippen molar-refractivity contribution in [2.24, 2.45) is 5.73 Å². The lowest BCUT2D eigenvalue weighted by Crippen LogP contribution is -2.45. The molecule has 0 bridgehead atoms. The molecular weight excluding hydrogens is 267 g/mol. The zero-order valence-corrected chi connectivity index (χ0v) is 11.7. The number of rotatable bonds is 3. The largest absolute Gasteiger partial charge is 0.338 e. The number of hydrogen-bond acceptors (Lipinski definition) is 2. The van der Waals surface area contributed by atoms with Gasteiger partial charge in [0.2, 0.25) is 5.91 Å². The van der Waals surface area contributed by atoms with Crippen molar-refractivity contribution in [1.82, 2.24) is 4.90 Å². The van der Waals surface area contributed by atoms with Crippen LogP contribution in [0.3, 0.4) is 0 Å². The van der Waals surface area contributed by atoms with E-state index in [4.69, 9.17) is 17.3 Å². The summed E-state index contributed by atoms with van der Waals surface area (Å²) in [5, 5.41) is 0.417. The Hall–Kier alpha value is -1.13. The smallest absolute Gasteiger partial charge is 0.239 e. The molecule has 0 saturated carbocycles. The SMILES string of the molecule is C[C@@H](N)C(=O)N1CCCC1Cc1c(F)cccc1Cl. The van der Waals surface area contributed by atoms with Gasteiger partial charge in [0, 0.05) is 23.2 Å². The van der Waals surface area contributed by atoms with E-state index >= 15 is 0 Å². The minimum atomic E-state index is -0.517. The van der Waals surface area contributed by atoms with Crippen LogP contribution in [0.1, 0.15) is 25.3 Å². The number of amides is 1. The van der Waals surface area contributed by atoms with Gasteiger partial charge in [-0.3, -0.25) is 4.79 Å². The van der Waals surface area contributed by atoms with Gasteiger partial charge < -0.3 is 10.6 Å². The molecule has 1 unspecified atom stereocenters. The molecule has 1 saturated heterocycles. The van der Waals surface area contributed by atoms with Crippen LogP contribution in [0.5, 0.6) is 0 Å². The molecule has 2 rings (SSSR count).